The van der Waals surface area contributed by atoms with Crippen molar-refractivity contribution in [1.29, 1.82) is 0 Å². The van der Waals surface area contributed by atoms with Crippen LogP contribution in [0.4, 0.5) is 0 Å². The molecule has 2 aromatic carbocycles. The van der Waals surface area contributed by atoms with Crippen molar-refractivity contribution in [3.8, 4) is 5.75 Å². The number of aliphatic carboxylic acids is 1. The SMILES string of the molecule is O=C(O)CCCOc1cccc(CNC(=O)c2nc3ccccc3c(=O)[nH]2)c1. The monoisotopic (exact) mass is 381 g/mol. The molecule has 0 aliphatic carbocycles. The van der Waals surface area contributed by atoms with Crippen molar-refractivity contribution in [3.63, 3.8) is 0 Å². The maximum absolute atomic E-state index is 12.3. The first kappa shape index (κ1) is 19.1. The van der Waals surface area contributed by atoms with Crippen molar-refractivity contribution < 1.29 is 19.4 Å². The number of aromatic nitrogens is 2. The van der Waals surface area contributed by atoms with Gasteiger partial charge in [0.25, 0.3) is 11.5 Å². The molecule has 0 unspecified atom stereocenters. The molecule has 0 spiro atoms. The number of rotatable bonds is 8. The van der Waals surface area contributed by atoms with Gasteiger partial charge in [-0.3, -0.25) is 14.4 Å². The number of aromatic amines is 1. The number of H-pyrrole nitrogens is 1. The first-order valence-corrected chi connectivity index (χ1v) is 8.74. The van der Waals surface area contributed by atoms with Crippen molar-refractivity contribution in [3.05, 3.63) is 70.3 Å². The fourth-order valence-electron chi connectivity index (χ4n) is 2.62. The number of nitrogens with zero attached hydrogens (tertiary/aromatic N) is 1. The Balaban J connectivity index is 1.61. The number of hydrogen-bond donors (Lipinski definition) is 3. The molecule has 0 saturated heterocycles. The summed E-state index contributed by atoms with van der Waals surface area (Å²) >= 11 is 0. The molecule has 3 rings (SSSR count). The minimum absolute atomic E-state index is 0.0483. The lowest BCUT2D eigenvalue weighted by Crippen LogP contribution is -2.27. The molecule has 0 saturated carbocycles. The van der Waals surface area contributed by atoms with Crippen LogP contribution in [0, 0.1) is 0 Å². The van der Waals surface area contributed by atoms with E-state index in [2.05, 4.69) is 15.3 Å². The van der Waals surface area contributed by atoms with Crippen LogP contribution in [0.2, 0.25) is 0 Å². The minimum Gasteiger partial charge on any atom is -0.494 e. The third-order valence-corrected chi connectivity index (χ3v) is 3.98. The van der Waals surface area contributed by atoms with Crippen molar-refractivity contribution >= 4 is 22.8 Å². The number of ether oxygens (including phenoxy) is 1. The van der Waals surface area contributed by atoms with E-state index in [1.807, 2.05) is 6.07 Å². The van der Waals surface area contributed by atoms with E-state index in [1.54, 1.807) is 42.5 Å². The molecule has 1 heterocycles. The topological polar surface area (TPSA) is 121 Å². The summed E-state index contributed by atoms with van der Waals surface area (Å²) in [5.41, 5.74) is 0.882. The van der Waals surface area contributed by atoms with Gasteiger partial charge in [0.2, 0.25) is 0 Å². The molecule has 8 nitrogen and oxygen atoms in total. The van der Waals surface area contributed by atoms with E-state index in [0.717, 1.165) is 5.56 Å². The molecule has 3 aromatic rings. The molecule has 8 heteroatoms. The number of hydrogen-bond acceptors (Lipinski definition) is 5. The molecule has 0 atom stereocenters. The van der Waals surface area contributed by atoms with Crippen molar-refractivity contribution in [2.45, 2.75) is 19.4 Å². The van der Waals surface area contributed by atoms with Gasteiger partial charge < -0.3 is 20.1 Å². The molecule has 144 valence electrons. The lowest BCUT2D eigenvalue weighted by Gasteiger charge is -2.09. The predicted molar refractivity (Wildman–Crippen MR) is 102 cm³/mol. The summed E-state index contributed by atoms with van der Waals surface area (Å²) in [5.74, 6) is -0.810. The summed E-state index contributed by atoms with van der Waals surface area (Å²) < 4.78 is 5.52. The van der Waals surface area contributed by atoms with Gasteiger partial charge in [0.15, 0.2) is 5.82 Å². The van der Waals surface area contributed by atoms with Crippen LogP contribution in [0.25, 0.3) is 10.9 Å². The Bertz CT molecular complexity index is 1060. The van der Waals surface area contributed by atoms with Gasteiger partial charge in [-0.1, -0.05) is 24.3 Å². The first-order valence-electron chi connectivity index (χ1n) is 8.74. The summed E-state index contributed by atoms with van der Waals surface area (Å²) in [6.07, 6.45) is 0.462. The predicted octanol–water partition coefficient (Wildman–Crippen LogP) is 2.10. The zero-order chi connectivity index (χ0) is 19.9. The van der Waals surface area contributed by atoms with E-state index in [0.29, 0.717) is 29.7 Å². The number of amides is 1. The normalized spacial score (nSPS) is 10.6. The van der Waals surface area contributed by atoms with Gasteiger partial charge in [0.1, 0.15) is 5.75 Å². The molecule has 0 fully saturated rings. The lowest BCUT2D eigenvalue weighted by molar-refractivity contribution is -0.137. The highest BCUT2D eigenvalue weighted by atomic mass is 16.5. The average Bonchev–Trinajstić information content (AvgIpc) is 2.69. The van der Waals surface area contributed by atoms with Crippen molar-refractivity contribution in [2.75, 3.05) is 6.61 Å². The van der Waals surface area contributed by atoms with Gasteiger partial charge in [0.05, 0.1) is 17.5 Å². The van der Waals surface area contributed by atoms with Crippen LogP contribution < -0.4 is 15.6 Å². The molecule has 1 aromatic heterocycles. The van der Waals surface area contributed by atoms with Crippen LogP contribution in [0.3, 0.4) is 0 Å². The molecule has 3 N–H and O–H groups in total. The zero-order valence-corrected chi connectivity index (χ0v) is 15.0. The number of carboxylic acid groups (broad SMARTS) is 1. The number of carbonyl (C=O) groups is 2. The summed E-state index contributed by atoms with van der Waals surface area (Å²) in [6, 6.07) is 13.9. The van der Waals surface area contributed by atoms with E-state index in [9.17, 15) is 14.4 Å². The highest BCUT2D eigenvalue weighted by Crippen LogP contribution is 2.14. The van der Waals surface area contributed by atoms with Gasteiger partial charge in [-0.15, -0.1) is 0 Å². The van der Waals surface area contributed by atoms with Crippen LogP contribution >= 0.6 is 0 Å². The second-order valence-corrected chi connectivity index (χ2v) is 6.11. The maximum Gasteiger partial charge on any atom is 0.303 e. The second kappa shape index (κ2) is 8.81. The molecule has 0 radical (unpaired) electrons. The fourth-order valence-corrected chi connectivity index (χ4v) is 2.62. The third kappa shape index (κ3) is 4.94. The van der Waals surface area contributed by atoms with Crippen LogP contribution in [0.15, 0.2) is 53.3 Å². The number of fused-ring (bicyclic) bond motifs is 1. The number of carbonyl (C=O) groups excluding carboxylic acids is 1. The van der Waals surface area contributed by atoms with Gasteiger partial charge >= 0.3 is 5.97 Å². The van der Waals surface area contributed by atoms with E-state index in [1.165, 1.54) is 0 Å². The average molecular weight is 381 g/mol. The van der Waals surface area contributed by atoms with E-state index >= 15 is 0 Å². The Morgan fingerprint density at radius 3 is 2.79 bits per heavy atom. The summed E-state index contributed by atoms with van der Waals surface area (Å²) in [4.78, 5) is 41.6. The number of benzene rings is 2. The largest absolute Gasteiger partial charge is 0.494 e. The molecule has 0 bridgehead atoms. The summed E-state index contributed by atoms with van der Waals surface area (Å²) in [7, 11) is 0. The second-order valence-electron chi connectivity index (χ2n) is 6.11. The summed E-state index contributed by atoms with van der Waals surface area (Å²) in [6.45, 7) is 0.520. The quantitative estimate of drug-likeness (QED) is 0.514. The molecule has 28 heavy (non-hydrogen) atoms. The standard InChI is InChI=1S/C20H19N3O5/c24-17(25)9-4-10-28-14-6-3-5-13(11-14)12-21-20(27)18-22-16-8-2-1-7-15(16)19(26)23-18/h1-3,5-8,11H,4,9-10,12H2,(H,21,27)(H,24,25)(H,22,23,26). The van der Waals surface area contributed by atoms with Gasteiger partial charge in [-0.25, -0.2) is 4.98 Å². The fraction of sp³-hybridized carbons (Fsp3) is 0.200. The third-order valence-electron chi connectivity index (χ3n) is 3.98. The summed E-state index contributed by atoms with van der Waals surface area (Å²) in [5, 5.41) is 11.8. The van der Waals surface area contributed by atoms with Crippen LogP contribution in [0.5, 0.6) is 5.75 Å². The Morgan fingerprint density at radius 1 is 1.14 bits per heavy atom. The Kier molecular flexibility index (Phi) is 6.01. The minimum atomic E-state index is -0.861. The molecular weight excluding hydrogens is 362 g/mol. The number of nitrogens with one attached hydrogen (secondary N) is 2. The highest BCUT2D eigenvalue weighted by molar-refractivity contribution is 5.92. The Morgan fingerprint density at radius 2 is 1.96 bits per heavy atom. The lowest BCUT2D eigenvalue weighted by atomic mass is 10.2. The van der Waals surface area contributed by atoms with Gasteiger partial charge in [0, 0.05) is 13.0 Å². The van der Waals surface area contributed by atoms with Crippen molar-refractivity contribution in [2.24, 2.45) is 0 Å². The molecule has 0 aliphatic rings. The maximum atomic E-state index is 12.3. The molecular formula is C20H19N3O5. The van der Waals surface area contributed by atoms with E-state index in [4.69, 9.17) is 9.84 Å². The Labute approximate surface area is 160 Å². The Hall–Kier alpha value is -3.68. The van der Waals surface area contributed by atoms with Gasteiger partial charge in [-0.2, -0.15) is 0 Å². The first-order chi connectivity index (χ1) is 13.5. The van der Waals surface area contributed by atoms with Gasteiger partial charge in [-0.05, 0) is 36.2 Å². The zero-order valence-electron chi connectivity index (χ0n) is 15.0. The number of para-hydroxylation sites is 1. The van der Waals surface area contributed by atoms with Crippen LogP contribution in [0.1, 0.15) is 29.0 Å². The molecule has 1 amide bonds. The van der Waals surface area contributed by atoms with E-state index in [-0.39, 0.29) is 24.3 Å². The van der Waals surface area contributed by atoms with Crippen molar-refractivity contribution in [1.82, 2.24) is 15.3 Å². The highest BCUT2D eigenvalue weighted by Gasteiger charge is 2.11. The molecule has 0 aliphatic heterocycles. The smallest absolute Gasteiger partial charge is 0.303 e. The van der Waals surface area contributed by atoms with Crippen LogP contribution in [-0.2, 0) is 11.3 Å². The van der Waals surface area contributed by atoms with Crippen LogP contribution in [-0.4, -0.2) is 33.6 Å². The number of carboxylic acids is 1. The van der Waals surface area contributed by atoms with E-state index < -0.39 is 11.9 Å².